The Labute approximate surface area is 288 Å². The number of pyridine rings is 2. The van der Waals surface area contributed by atoms with Crippen molar-refractivity contribution >= 4 is 48.9 Å². The first-order valence-corrected chi connectivity index (χ1v) is 14.2. The molecule has 0 aliphatic carbocycles. The summed E-state index contributed by atoms with van der Waals surface area (Å²) in [4.78, 5) is 8.57. The third-order valence-electron chi connectivity index (χ3n) is 7.99. The summed E-state index contributed by atoms with van der Waals surface area (Å²) in [6.45, 7) is -6.51. The Balaban J connectivity index is 0.000000186. The fourth-order valence-corrected chi connectivity index (χ4v) is 6.00. The van der Waals surface area contributed by atoms with E-state index in [1.54, 1.807) is 24.3 Å². The molecule has 0 aliphatic heterocycles. The van der Waals surface area contributed by atoms with Gasteiger partial charge in [0.05, 0.1) is 0 Å². The van der Waals surface area contributed by atoms with Crippen molar-refractivity contribution in [1.82, 2.24) is 14.4 Å². The standard InChI is InChI=1S/C28H17N2.C13H12N.Ir/c1-17-10-12-24(29-16-17)19-14-22-21-8-4-5-9-25(21)30-26-13-11-18-6-2-3-7-20(18)27(26)23(15-19)28(22)30;1-10-3-6-12(7-4-10)13-8-5-11(2)9-14-13;/h2-13,15-16H,1H3;3-6,8-9H,1-2H3;/q2*-1;/i1D3;1D3,2D3;. The first-order chi connectivity index (χ1) is 25.2. The van der Waals surface area contributed by atoms with Crippen LogP contribution < -0.4 is 0 Å². The first-order valence-electron chi connectivity index (χ1n) is 18.7. The molecule has 3 nitrogen and oxygen atoms in total. The SMILES string of the molecule is [2H]C([2H])([2H])c1c[c-]c(-c2ccc(C([2H])([2H])[2H])cn2)cc1.[2H]C([2H])([2H])c1ccc(-c2[c-]c3c4ccccc4n4c5ccc6ccccc6c5c(c2)c34)nc1.[Ir]. The van der Waals surface area contributed by atoms with Gasteiger partial charge in [0.25, 0.3) is 0 Å². The second-order valence-electron chi connectivity index (χ2n) is 10.7. The van der Waals surface area contributed by atoms with Gasteiger partial charge in [-0.25, -0.2) is 0 Å². The molecule has 0 atom stereocenters. The third kappa shape index (κ3) is 4.97. The van der Waals surface area contributed by atoms with Crippen LogP contribution in [0.1, 0.15) is 29.0 Å². The van der Waals surface area contributed by atoms with Crippen molar-refractivity contribution in [2.45, 2.75) is 20.6 Å². The van der Waals surface area contributed by atoms with Gasteiger partial charge in [0, 0.05) is 66.9 Å². The molecule has 1 radical (unpaired) electrons. The van der Waals surface area contributed by atoms with Crippen LogP contribution in [-0.2, 0) is 20.1 Å². The Morgan fingerprint density at radius 1 is 0.622 bits per heavy atom. The van der Waals surface area contributed by atoms with Crippen LogP contribution in [0.4, 0.5) is 0 Å². The molecule has 9 aromatic rings. The van der Waals surface area contributed by atoms with Gasteiger partial charge in [0.2, 0.25) is 0 Å². The molecule has 4 heterocycles. The van der Waals surface area contributed by atoms with Crippen molar-refractivity contribution in [2.24, 2.45) is 0 Å². The van der Waals surface area contributed by atoms with Crippen LogP contribution in [0.3, 0.4) is 0 Å². The minimum Gasteiger partial charge on any atom is -0.348 e. The molecule has 219 valence electrons. The van der Waals surface area contributed by atoms with Crippen LogP contribution in [0, 0.1) is 32.7 Å². The summed E-state index contributed by atoms with van der Waals surface area (Å²) in [6.07, 6.45) is 2.75. The van der Waals surface area contributed by atoms with E-state index in [0.29, 0.717) is 17.0 Å². The van der Waals surface area contributed by atoms with Crippen molar-refractivity contribution in [3.8, 4) is 22.5 Å². The number of para-hydroxylation sites is 1. The average molecular weight is 765 g/mol. The van der Waals surface area contributed by atoms with E-state index in [9.17, 15) is 0 Å². The van der Waals surface area contributed by atoms with E-state index in [-0.39, 0.29) is 36.8 Å². The monoisotopic (exact) mass is 765 g/mol. The van der Waals surface area contributed by atoms with Crippen molar-refractivity contribution in [1.29, 1.82) is 0 Å². The molecule has 4 heteroatoms. The van der Waals surface area contributed by atoms with Crippen molar-refractivity contribution < 1.29 is 32.4 Å². The van der Waals surface area contributed by atoms with Gasteiger partial charge in [-0.1, -0.05) is 101 Å². The Morgan fingerprint density at radius 3 is 2.00 bits per heavy atom. The molecule has 9 rings (SSSR count). The number of aryl methyl sites for hydroxylation is 3. The van der Waals surface area contributed by atoms with Crippen LogP contribution in [0.5, 0.6) is 0 Å². The smallest absolute Gasteiger partial charge is 0.0457 e. The normalized spacial score (nSPS) is 15.1. The van der Waals surface area contributed by atoms with E-state index in [2.05, 4.69) is 93.2 Å². The molecule has 0 saturated heterocycles. The van der Waals surface area contributed by atoms with Crippen LogP contribution in [-0.4, -0.2) is 14.4 Å². The van der Waals surface area contributed by atoms with Gasteiger partial charge in [-0.05, 0) is 58.9 Å². The molecule has 0 saturated carbocycles. The molecule has 45 heavy (non-hydrogen) atoms. The number of aromatic nitrogens is 3. The molecule has 0 amide bonds. The summed E-state index contributed by atoms with van der Waals surface area (Å²) in [5.41, 5.74) is 6.85. The van der Waals surface area contributed by atoms with E-state index < -0.39 is 20.6 Å². The zero-order valence-electron chi connectivity index (χ0n) is 32.7. The van der Waals surface area contributed by atoms with E-state index in [0.717, 1.165) is 32.8 Å². The summed E-state index contributed by atoms with van der Waals surface area (Å²) >= 11 is 0. The number of hydrogen-bond donors (Lipinski definition) is 0. The maximum atomic E-state index is 7.64. The van der Waals surface area contributed by atoms with E-state index >= 15 is 0 Å². The zero-order chi connectivity index (χ0) is 37.3. The molecule has 0 unspecified atom stereocenters. The average Bonchev–Trinajstić information content (AvgIpc) is 3.66. The summed E-state index contributed by atoms with van der Waals surface area (Å²) in [5.74, 6) is 0. The largest absolute Gasteiger partial charge is 0.348 e. The Morgan fingerprint density at radius 2 is 1.31 bits per heavy atom. The number of rotatable bonds is 2. The molecule has 5 aromatic carbocycles. The van der Waals surface area contributed by atoms with Gasteiger partial charge >= 0.3 is 0 Å². The summed E-state index contributed by atoms with van der Waals surface area (Å²) in [5, 5.41) is 6.99. The van der Waals surface area contributed by atoms with Gasteiger partial charge in [0.15, 0.2) is 0 Å². The molecule has 0 fully saturated rings. The van der Waals surface area contributed by atoms with Gasteiger partial charge in [-0.3, -0.25) is 4.98 Å². The minimum atomic E-state index is -2.18. The van der Waals surface area contributed by atoms with Crippen molar-refractivity contribution in [3.05, 3.63) is 150 Å². The molecule has 4 aromatic heterocycles. The fourth-order valence-electron chi connectivity index (χ4n) is 6.00. The van der Waals surface area contributed by atoms with Gasteiger partial charge in [-0.2, -0.15) is 0 Å². The van der Waals surface area contributed by atoms with Crippen molar-refractivity contribution in [2.75, 3.05) is 0 Å². The van der Waals surface area contributed by atoms with Gasteiger partial charge < -0.3 is 9.38 Å². The molecule has 0 N–H and O–H groups in total. The number of fused-ring (bicyclic) bond motifs is 8. The van der Waals surface area contributed by atoms with Crippen LogP contribution in [0.15, 0.2) is 122 Å². The Hall–Kier alpha value is -4.89. The number of hydrogen-bond acceptors (Lipinski definition) is 2. The number of benzene rings is 5. The summed E-state index contributed by atoms with van der Waals surface area (Å²) in [7, 11) is 0. The molecular formula is C41H29IrN3-2. The Bertz CT molecular complexity index is 2710. The predicted octanol–water partition coefficient (Wildman–Crippen LogP) is 10.3. The maximum Gasteiger partial charge on any atom is 0.0457 e. The predicted molar refractivity (Wildman–Crippen MR) is 183 cm³/mol. The second kappa shape index (κ2) is 11.6. The molecule has 0 bridgehead atoms. The quantitative estimate of drug-likeness (QED) is 0.164. The Kier molecular flexibility index (Phi) is 5.19. The van der Waals surface area contributed by atoms with Crippen LogP contribution >= 0.6 is 0 Å². The van der Waals surface area contributed by atoms with Gasteiger partial charge in [0.1, 0.15) is 0 Å². The molecule has 0 spiro atoms. The summed E-state index contributed by atoms with van der Waals surface area (Å²) in [6, 6.07) is 40.9. The molecule has 0 aliphatic rings. The fraction of sp³-hybridized carbons (Fsp3) is 0.0732. The van der Waals surface area contributed by atoms with Crippen LogP contribution in [0.2, 0.25) is 0 Å². The minimum absolute atomic E-state index is 0. The van der Waals surface area contributed by atoms with E-state index in [1.807, 2.05) is 0 Å². The third-order valence-corrected chi connectivity index (χ3v) is 7.99. The van der Waals surface area contributed by atoms with E-state index in [1.165, 1.54) is 52.3 Å². The van der Waals surface area contributed by atoms with Crippen molar-refractivity contribution in [3.63, 3.8) is 0 Å². The van der Waals surface area contributed by atoms with Gasteiger partial charge in [-0.15, -0.1) is 47.5 Å². The second-order valence-corrected chi connectivity index (χ2v) is 10.7. The first kappa shape index (κ1) is 20.2. The zero-order valence-corrected chi connectivity index (χ0v) is 26.1. The summed E-state index contributed by atoms with van der Waals surface area (Å²) < 4.78 is 68.9. The van der Waals surface area contributed by atoms with E-state index in [4.69, 9.17) is 12.3 Å². The topological polar surface area (TPSA) is 30.2 Å². The van der Waals surface area contributed by atoms with Crippen LogP contribution in [0.25, 0.3) is 71.4 Å². The maximum absolute atomic E-state index is 7.64. The molecular weight excluding hydrogens is 727 g/mol. The number of nitrogens with zero attached hydrogens (tertiary/aromatic N) is 3.